The zero-order chi connectivity index (χ0) is 7.19. The van der Waals surface area contributed by atoms with Crippen molar-refractivity contribution >= 4 is 11.9 Å². The Morgan fingerprint density at radius 2 is 2.00 bits per heavy atom. The van der Waals surface area contributed by atoms with Crippen molar-refractivity contribution in [2.24, 2.45) is 0 Å². The topological polar surface area (TPSA) is 70.2 Å². The molecule has 5 nitrogen and oxygen atoms in total. The van der Waals surface area contributed by atoms with Crippen LogP contribution in [-0.4, -0.2) is 30.6 Å². The van der Waals surface area contributed by atoms with Gasteiger partial charge < -0.3 is 10.6 Å². The van der Waals surface area contributed by atoms with Crippen LogP contribution in [0.25, 0.3) is 0 Å². The fraction of sp³-hybridized carbons (Fsp3) is 0.600. The van der Waals surface area contributed by atoms with Gasteiger partial charge in [-0.3, -0.25) is 10.1 Å². The molecule has 2 aliphatic heterocycles. The number of amides is 3. The first kappa shape index (κ1) is 5.67. The molecule has 0 aromatic rings. The molecule has 0 atom stereocenters. The van der Waals surface area contributed by atoms with Crippen molar-refractivity contribution in [3.05, 3.63) is 0 Å². The third-order valence-corrected chi connectivity index (χ3v) is 1.87. The number of carbonyl (C=O) groups excluding carboxylic acids is 2. The maximum absolute atomic E-state index is 11.0. The van der Waals surface area contributed by atoms with Gasteiger partial charge in [-0.25, -0.2) is 4.79 Å². The number of urea groups is 1. The summed E-state index contributed by atoms with van der Waals surface area (Å²) in [4.78, 5) is 21.5. The van der Waals surface area contributed by atoms with Gasteiger partial charge in [0.05, 0.1) is 0 Å². The molecule has 2 saturated heterocycles. The fourth-order valence-corrected chi connectivity index (χ4v) is 1.15. The van der Waals surface area contributed by atoms with Crippen molar-refractivity contribution in [3.63, 3.8) is 0 Å². The highest BCUT2D eigenvalue weighted by Gasteiger charge is 2.50. The van der Waals surface area contributed by atoms with Crippen molar-refractivity contribution in [1.29, 1.82) is 0 Å². The highest BCUT2D eigenvalue weighted by atomic mass is 16.2. The predicted molar refractivity (Wildman–Crippen MR) is 32.3 cm³/mol. The van der Waals surface area contributed by atoms with Gasteiger partial charge in [-0.2, -0.15) is 0 Å². The summed E-state index contributed by atoms with van der Waals surface area (Å²) in [5, 5.41) is 7.65. The Labute approximate surface area is 57.2 Å². The van der Waals surface area contributed by atoms with E-state index >= 15 is 0 Å². The second-order valence-corrected chi connectivity index (χ2v) is 2.59. The van der Waals surface area contributed by atoms with Crippen LogP contribution in [0.5, 0.6) is 0 Å². The first-order valence-electron chi connectivity index (χ1n) is 3.07. The summed E-state index contributed by atoms with van der Waals surface area (Å²) in [5.41, 5.74) is -0.614. The highest BCUT2D eigenvalue weighted by molar-refractivity contribution is 6.08. The molecular weight excluding hydrogens is 134 g/mol. The van der Waals surface area contributed by atoms with E-state index in [0.717, 1.165) is 0 Å². The van der Waals surface area contributed by atoms with Crippen LogP contribution in [0.1, 0.15) is 0 Å². The average Bonchev–Trinajstić information content (AvgIpc) is 2.04. The quantitative estimate of drug-likeness (QED) is 0.347. The van der Waals surface area contributed by atoms with Gasteiger partial charge in [-0.1, -0.05) is 0 Å². The van der Waals surface area contributed by atoms with Gasteiger partial charge in [-0.05, 0) is 0 Å². The number of hydrogen-bond donors (Lipinski definition) is 3. The largest absolute Gasteiger partial charge is 0.322 e. The zero-order valence-corrected chi connectivity index (χ0v) is 5.23. The minimum Gasteiger partial charge on any atom is -0.321 e. The molecule has 0 aromatic carbocycles. The SMILES string of the molecule is O=C1NC(=O)C2(CNC2)N1. The molecule has 2 heterocycles. The summed E-state index contributed by atoms with van der Waals surface area (Å²) < 4.78 is 0. The lowest BCUT2D eigenvalue weighted by molar-refractivity contribution is -0.125. The number of rotatable bonds is 0. The van der Waals surface area contributed by atoms with Crippen molar-refractivity contribution in [2.45, 2.75) is 5.54 Å². The first-order valence-corrected chi connectivity index (χ1v) is 3.07. The molecule has 0 aromatic heterocycles. The molecule has 3 N–H and O–H groups in total. The van der Waals surface area contributed by atoms with Crippen LogP contribution in [0, 0.1) is 0 Å². The van der Waals surface area contributed by atoms with E-state index in [9.17, 15) is 9.59 Å². The molecule has 0 saturated carbocycles. The number of hydrogen-bond acceptors (Lipinski definition) is 3. The fourth-order valence-electron chi connectivity index (χ4n) is 1.15. The van der Waals surface area contributed by atoms with E-state index in [1.165, 1.54) is 0 Å². The monoisotopic (exact) mass is 141 g/mol. The summed E-state index contributed by atoms with van der Waals surface area (Å²) >= 11 is 0. The lowest BCUT2D eigenvalue weighted by Crippen LogP contribution is -2.69. The van der Waals surface area contributed by atoms with E-state index in [0.29, 0.717) is 13.1 Å². The summed E-state index contributed by atoms with van der Waals surface area (Å²) in [6.45, 7) is 1.09. The van der Waals surface area contributed by atoms with Crippen LogP contribution in [-0.2, 0) is 4.79 Å². The van der Waals surface area contributed by atoms with Gasteiger partial charge in [0.25, 0.3) is 5.91 Å². The van der Waals surface area contributed by atoms with Crippen LogP contribution >= 0.6 is 0 Å². The van der Waals surface area contributed by atoms with Crippen LogP contribution in [0.3, 0.4) is 0 Å². The molecule has 2 fully saturated rings. The van der Waals surface area contributed by atoms with Gasteiger partial charge in [0.1, 0.15) is 5.54 Å². The summed E-state index contributed by atoms with van der Waals surface area (Å²) in [6.07, 6.45) is 0. The summed E-state index contributed by atoms with van der Waals surface area (Å²) in [7, 11) is 0. The second-order valence-electron chi connectivity index (χ2n) is 2.59. The van der Waals surface area contributed by atoms with Crippen LogP contribution in [0.4, 0.5) is 4.79 Å². The van der Waals surface area contributed by atoms with Crippen LogP contribution < -0.4 is 16.0 Å². The van der Waals surface area contributed by atoms with E-state index < -0.39 is 5.54 Å². The summed E-state index contributed by atoms with van der Waals surface area (Å²) in [6, 6.07) is -0.383. The summed E-state index contributed by atoms with van der Waals surface area (Å²) in [5.74, 6) is -0.212. The van der Waals surface area contributed by atoms with E-state index in [4.69, 9.17) is 0 Å². The Kier molecular flexibility index (Phi) is 0.843. The Morgan fingerprint density at radius 1 is 1.30 bits per heavy atom. The molecule has 10 heavy (non-hydrogen) atoms. The third-order valence-electron chi connectivity index (χ3n) is 1.87. The second kappa shape index (κ2) is 1.49. The molecule has 0 radical (unpaired) electrons. The Bertz CT molecular complexity index is 209. The standard InChI is InChI=1S/C5H7N3O2/c9-3-5(1-6-2-5)8-4(10)7-3/h6H,1-2H2,(H2,7,8,9,10). The minimum atomic E-state index is -0.614. The van der Waals surface area contributed by atoms with Gasteiger partial charge in [0.15, 0.2) is 0 Å². The van der Waals surface area contributed by atoms with Crippen molar-refractivity contribution in [3.8, 4) is 0 Å². The maximum Gasteiger partial charge on any atom is 0.322 e. The van der Waals surface area contributed by atoms with E-state index in [-0.39, 0.29) is 11.9 Å². The maximum atomic E-state index is 11.0. The lowest BCUT2D eigenvalue weighted by Gasteiger charge is -2.35. The number of carbonyl (C=O) groups is 2. The first-order chi connectivity index (χ1) is 4.73. The molecule has 5 heteroatoms. The van der Waals surface area contributed by atoms with Gasteiger partial charge in [0, 0.05) is 13.1 Å². The molecule has 54 valence electrons. The molecule has 3 amide bonds. The predicted octanol–water partition coefficient (Wildman–Crippen LogP) is -1.83. The Balaban J connectivity index is 2.23. The molecule has 2 rings (SSSR count). The molecule has 0 unspecified atom stereocenters. The molecule has 1 spiro atoms. The number of nitrogens with one attached hydrogen (secondary N) is 3. The molecule has 0 aliphatic carbocycles. The van der Waals surface area contributed by atoms with E-state index in [1.807, 2.05) is 0 Å². The van der Waals surface area contributed by atoms with Crippen LogP contribution in [0.2, 0.25) is 0 Å². The normalized spacial score (nSPS) is 27.6. The minimum absolute atomic E-state index is 0.212. The molecule has 0 bridgehead atoms. The third kappa shape index (κ3) is 0.501. The Morgan fingerprint density at radius 3 is 2.20 bits per heavy atom. The Hall–Kier alpha value is -1.10. The van der Waals surface area contributed by atoms with Crippen molar-refractivity contribution < 1.29 is 9.59 Å². The number of imide groups is 1. The molecular formula is C5H7N3O2. The zero-order valence-electron chi connectivity index (χ0n) is 5.23. The molecule has 2 aliphatic rings. The van der Waals surface area contributed by atoms with E-state index in [2.05, 4.69) is 16.0 Å². The average molecular weight is 141 g/mol. The highest BCUT2D eigenvalue weighted by Crippen LogP contribution is 2.14. The smallest absolute Gasteiger partial charge is 0.321 e. The van der Waals surface area contributed by atoms with Gasteiger partial charge in [-0.15, -0.1) is 0 Å². The van der Waals surface area contributed by atoms with Crippen molar-refractivity contribution in [2.75, 3.05) is 13.1 Å². The van der Waals surface area contributed by atoms with E-state index in [1.54, 1.807) is 0 Å². The lowest BCUT2D eigenvalue weighted by atomic mass is 9.93. The van der Waals surface area contributed by atoms with Gasteiger partial charge in [0.2, 0.25) is 0 Å². The van der Waals surface area contributed by atoms with Gasteiger partial charge >= 0.3 is 6.03 Å². The van der Waals surface area contributed by atoms with Crippen molar-refractivity contribution in [1.82, 2.24) is 16.0 Å². The van der Waals surface area contributed by atoms with Crippen LogP contribution in [0.15, 0.2) is 0 Å².